The van der Waals surface area contributed by atoms with E-state index < -0.39 is 0 Å². The van der Waals surface area contributed by atoms with Gasteiger partial charge in [0.25, 0.3) is 5.91 Å². The average Bonchev–Trinajstić information content (AvgIpc) is 2.50. The van der Waals surface area contributed by atoms with Crippen molar-refractivity contribution >= 4 is 44.9 Å². The van der Waals surface area contributed by atoms with Gasteiger partial charge in [0.05, 0.1) is 6.61 Å². The minimum absolute atomic E-state index is 0.247. The van der Waals surface area contributed by atoms with E-state index >= 15 is 0 Å². The van der Waals surface area contributed by atoms with Gasteiger partial charge in [-0.2, -0.15) is 0 Å². The monoisotopic (exact) mass is 378 g/mol. The van der Waals surface area contributed by atoms with E-state index in [0.717, 1.165) is 15.9 Å². The predicted molar refractivity (Wildman–Crippen MR) is 95.4 cm³/mol. The normalized spacial score (nSPS) is 9.91. The zero-order valence-corrected chi connectivity index (χ0v) is 14.3. The van der Waals surface area contributed by atoms with Gasteiger partial charge in [0.15, 0.2) is 5.11 Å². The van der Waals surface area contributed by atoms with Crippen LogP contribution in [0.15, 0.2) is 53.0 Å². The third kappa shape index (κ3) is 4.82. The highest BCUT2D eigenvalue weighted by Gasteiger charge is 2.07. The molecule has 0 atom stereocenters. The van der Waals surface area contributed by atoms with Gasteiger partial charge >= 0.3 is 0 Å². The van der Waals surface area contributed by atoms with E-state index in [2.05, 4.69) is 26.6 Å². The third-order valence-corrected chi connectivity index (χ3v) is 3.49. The Morgan fingerprint density at radius 1 is 1.14 bits per heavy atom. The highest BCUT2D eigenvalue weighted by Crippen LogP contribution is 2.15. The summed E-state index contributed by atoms with van der Waals surface area (Å²) < 4.78 is 6.28. The van der Waals surface area contributed by atoms with Crippen LogP contribution in [0.3, 0.4) is 0 Å². The first-order valence-electron chi connectivity index (χ1n) is 6.69. The highest BCUT2D eigenvalue weighted by molar-refractivity contribution is 9.10. The molecule has 0 saturated carbocycles. The fraction of sp³-hybridized carbons (Fsp3) is 0.125. The van der Waals surface area contributed by atoms with Crippen LogP contribution in [-0.4, -0.2) is 17.6 Å². The smallest absolute Gasteiger partial charge is 0.257 e. The maximum atomic E-state index is 12.0. The Kier molecular flexibility index (Phi) is 5.91. The molecule has 22 heavy (non-hydrogen) atoms. The number of amides is 1. The number of anilines is 1. The van der Waals surface area contributed by atoms with Crippen LogP contribution in [0.1, 0.15) is 17.3 Å². The molecule has 0 aliphatic heterocycles. The maximum absolute atomic E-state index is 12.0. The zero-order valence-electron chi connectivity index (χ0n) is 11.9. The van der Waals surface area contributed by atoms with E-state index in [1.54, 1.807) is 24.3 Å². The van der Waals surface area contributed by atoms with Crippen LogP contribution in [0.2, 0.25) is 0 Å². The molecule has 0 radical (unpaired) electrons. The molecule has 0 spiro atoms. The minimum Gasteiger partial charge on any atom is -0.494 e. The largest absolute Gasteiger partial charge is 0.494 e. The van der Waals surface area contributed by atoms with Crippen molar-refractivity contribution in [1.29, 1.82) is 0 Å². The number of ether oxygens (including phenoxy) is 1. The molecule has 2 rings (SSSR count). The van der Waals surface area contributed by atoms with Gasteiger partial charge < -0.3 is 10.1 Å². The van der Waals surface area contributed by atoms with E-state index in [-0.39, 0.29) is 11.0 Å². The van der Waals surface area contributed by atoms with Crippen LogP contribution in [-0.2, 0) is 0 Å². The molecule has 2 aromatic rings. The Bertz CT molecular complexity index is 657. The lowest BCUT2D eigenvalue weighted by Gasteiger charge is -2.10. The number of halogens is 1. The summed E-state index contributed by atoms with van der Waals surface area (Å²) in [7, 11) is 0. The fourth-order valence-electron chi connectivity index (χ4n) is 1.74. The Morgan fingerprint density at radius 2 is 1.77 bits per heavy atom. The van der Waals surface area contributed by atoms with Gasteiger partial charge in [-0.1, -0.05) is 15.9 Å². The van der Waals surface area contributed by atoms with Crippen LogP contribution in [0, 0.1) is 0 Å². The van der Waals surface area contributed by atoms with Gasteiger partial charge in [-0.05, 0) is 67.7 Å². The second kappa shape index (κ2) is 7.91. The number of carbonyl (C=O) groups is 1. The summed E-state index contributed by atoms with van der Waals surface area (Å²) in [6, 6.07) is 14.4. The molecule has 0 bridgehead atoms. The Morgan fingerprint density at radius 3 is 2.36 bits per heavy atom. The molecule has 4 nitrogen and oxygen atoms in total. The molecular weight excluding hydrogens is 364 g/mol. The van der Waals surface area contributed by atoms with Crippen molar-refractivity contribution in [2.24, 2.45) is 0 Å². The Hall–Kier alpha value is -1.92. The van der Waals surface area contributed by atoms with Gasteiger partial charge in [-0.3, -0.25) is 10.1 Å². The van der Waals surface area contributed by atoms with E-state index in [1.165, 1.54) is 0 Å². The minimum atomic E-state index is -0.254. The van der Waals surface area contributed by atoms with Gasteiger partial charge in [-0.25, -0.2) is 0 Å². The first-order valence-corrected chi connectivity index (χ1v) is 7.89. The highest BCUT2D eigenvalue weighted by atomic mass is 79.9. The molecule has 1 amide bonds. The maximum Gasteiger partial charge on any atom is 0.257 e. The molecule has 0 saturated heterocycles. The Balaban J connectivity index is 1.92. The molecule has 0 aromatic heterocycles. The molecule has 2 N–H and O–H groups in total. The Labute approximate surface area is 143 Å². The topological polar surface area (TPSA) is 50.4 Å². The van der Waals surface area contributed by atoms with Crippen molar-refractivity contribution in [2.75, 3.05) is 11.9 Å². The number of benzene rings is 2. The first kappa shape index (κ1) is 16.5. The fourth-order valence-corrected chi connectivity index (χ4v) is 2.21. The lowest BCUT2D eigenvalue weighted by atomic mass is 10.2. The van der Waals surface area contributed by atoms with Crippen molar-refractivity contribution in [2.45, 2.75) is 6.92 Å². The van der Waals surface area contributed by atoms with Crippen molar-refractivity contribution in [1.82, 2.24) is 5.32 Å². The van der Waals surface area contributed by atoms with E-state index in [9.17, 15) is 4.79 Å². The van der Waals surface area contributed by atoms with Crippen molar-refractivity contribution in [3.05, 3.63) is 58.6 Å². The first-order chi connectivity index (χ1) is 10.6. The van der Waals surface area contributed by atoms with Crippen molar-refractivity contribution in [3.8, 4) is 5.75 Å². The zero-order chi connectivity index (χ0) is 15.9. The lowest BCUT2D eigenvalue weighted by molar-refractivity contribution is 0.0977. The standard InChI is InChI=1S/C16H15BrN2O2S/c1-2-21-14-9-7-13(8-10-14)18-16(22)19-15(20)11-3-5-12(17)6-4-11/h3-10H,2H2,1H3,(H2,18,19,20,22). The van der Waals surface area contributed by atoms with Crippen LogP contribution in [0.5, 0.6) is 5.75 Å². The van der Waals surface area contributed by atoms with Crippen molar-refractivity contribution < 1.29 is 9.53 Å². The summed E-state index contributed by atoms with van der Waals surface area (Å²) in [5, 5.41) is 5.84. The van der Waals surface area contributed by atoms with E-state index in [1.807, 2.05) is 31.2 Å². The molecule has 0 aliphatic rings. The van der Waals surface area contributed by atoms with Crippen LogP contribution in [0.4, 0.5) is 5.69 Å². The van der Waals surface area contributed by atoms with Gasteiger partial charge in [0, 0.05) is 15.7 Å². The molecule has 0 aliphatic carbocycles. The molecule has 114 valence electrons. The molecule has 0 heterocycles. The summed E-state index contributed by atoms with van der Waals surface area (Å²) in [5.74, 6) is 0.536. The summed E-state index contributed by atoms with van der Waals surface area (Å²) >= 11 is 8.46. The number of nitrogens with one attached hydrogen (secondary N) is 2. The SMILES string of the molecule is CCOc1ccc(NC(=S)NC(=O)c2ccc(Br)cc2)cc1. The molecular formula is C16H15BrN2O2S. The summed E-state index contributed by atoms with van der Waals surface area (Å²) in [5.41, 5.74) is 1.32. The van der Waals surface area contributed by atoms with Crippen LogP contribution in [0.25, 0.3) is 0 Å². The summed E-state index contributed by atoms with van der Waals surface area (Å²) in [6.45, 7) is 2.55. The quantitative estimate of drug-likeness (QED) is 0.790. The van der Waals surface area contributed by atoms with E-state index in [4.69, 9.17) is 17.0 Å². The number of carbonyl (C=O) groups excluding carboxylic acids is 1. The number of rotatable bonds is 4. The van der Waals surface area contributed by atoms with Gasteiger partial charge in [0.1, 0.15) is 5.75 Å². The number of thiocarbonyl (C=S) groups is 1. The van der Waals surface area contributed by atoms with Crippen LogP contribution >= 0.6 is 28.1 Å². The average molecular weight is 379 g/mol. The molecule has 0 unspecified atom stereocenters. The number of hydrogen-bond donors (Lipinski definition) is 2. The number of hydrogen-bond acceptors (Lipinski definition) is 3. The van der Waals surface area contributed by atoms with E-state index in [0.29, 0.717) is 12.2 Å². The second-order valence-corrected chi connectivity index (χ2v) is 5.70. The van der Waals surface area contributed by atoms with Gasteiger partial charge in [-0.15, -0.1) is 0 Å². The van der Waals surface area contributed by atoms with Gasteiger partial charge in [0.2, 0.25) is 0 Å². The third-order valence-electron chi connectivity index (χ3n) is 2.76. The van der Waals surface area contributed by atoms with Crippen molar-refractivity contribution in [3.63, 3.8) is 0 Å². The molecule has 0 fully saturated rings. The lowest BCUT2D eigenvalue weighted by Crippen LogP contribution is -2.34. The summed E-state index contributed by atoms with van der Waals surface area (Å²) in [4.78, 5) is 12.0. The molecule has 6 heteroatoms. The van der Waals surface area contributed by atoms with Crippen LogP contribution < -0.4 is 15.4 Å². The predicted octanol–water partition coefficient (Wildman–Crippen LogP) is 3.97. The second-order valence-electron chi connectivity index (χ2n) is 4.37. The summed E-state index contributed by atoms with van der Waals surface area (Å²) in [6.07, 6.45) is 0. The molecule has 2 aromatic carbocycles.